The monoisotopic (exact) mass is 424 g/mol. The molecule has 0 aliphatic heterocycles. The number of aliphatic hydroxyl groups excluding tert-OH is 1. The Morgan fingerprint density at radius 2 is 1.57 bits per heavy atom. The van der Waals surface area contributed by atoms with E-state index in [-0.39, 0.29) is 12.7 Å². The second-order valence-electron chi connectivity index (χ2n) is 6.74. The van der Waals surface area contributed by atoms with Crippen LogP contribution >= 0.6 is 0 Å². The van der Waals surface area contributed by atoms with Gasteiger partial charge in [0.15, 0.2) is 0 Å². The molecule has 0 radical (unpaired) electrons. The summed E-state index contributed by atoms with van der Waals surface area (Å²) in [4.78, 5) is 10.3. The summed E-state index contributed by atoms with van der Waals surface area (Å²) >= 11 is 0. The number of unbranched alkanes of at least 4 members (excludes halogenated alkanes) is 8. The standard InChI is InChI=1S/C18H34O3.C2H6O4S/c1-2-3-4-11-14-17(19)15-12-9-7-5-6-8-10-13-16-18(20)21;1-2-6-7(3,4)5/h9,12,17,19H,2-8,10-11,13-16H2,1H3,(H,20,21);2H2,1H3,(H,3,4,5)/b12-9-;. The van der Waals surface area contributed by atoms with Crippen LogP contribution in [0.2, 0.25) is 0 Å². The molecule has 0 fully saturated rings. The first kappa shape index (κ1) is 29.2. The molecular weight excluding hydrogens is 384 g/mol. The fourth-order valence-electron chi connectivity index (χ4n) is 2.51. The Labute approximate surface area is 171 Å². The van der Waals surface area contributed by atoms with Crippen LogP contribution in [0.3, 0.4) is 0 Å². The number of carbonyl (C=O) groups is 1. The normalized spacial score (nSPS) is 12.6. The van der Waals surface area contributed by atoms with Gasteiger partial charge in [-0.05, 0) is 39.0 Å². The van der Waals surface area contributed by atoms with Gasteiger partial charge in [0, 0.05) is 6.42 Å². The van der Waals surface area contributed by atoms with E-state index in [0.717, 1.165) is 51.4 Å². The average Bonchev–Trinajstić information content (AvgIpc) is 2.59. The number of rotatable bonds is 17. The van der Waals surface area contributed by atoms with Crippen molar-refractivity contribution in [1.29, 1.82) is 0 Å². The van der Waals surface area contributed by atoms with Crippen molar-refractivity contribution in [2.24, 2.45) is 0 Å². The van der Waals surface area contributed by atoms with Gasteiger partial charge in [-0.25, -0.2) is 4.18 Å². The second-order valence-corrected chi connectivity index (χ2v) is 7.84. The van der Waals surface area contributed by atoms with Gasteiger partial charge in [-0.15, -0.1) is 0 Å². The minimum absolute atomic E-state index is 0.0289. The number of hydrogen-bond donors (Lipinski definition) is 3. The molecule has 0 amide bonds. The van der Waals surface area contributed by atoms with E-state index in [0.29, 0.717) is 6.42 Å². The summed E-state index contributed by atoms with van der Waals surface area (Å²) in [5.74, 6) is -0.689. The lowest BCUT2D eigenvalue weighted by Crippen LogP contribution is -2.04. The zero-order chi connectivity index (χ0) is 21.7. The molecule has 0 saturated heterocycles. The first-order chi connectivity index (χ1) is 13.2. The van der Waals surface area contributed by atoms with Crippen LogP contribution < -0.4 is 0 Å². The molecule has 0 bridgehead atoms. The largest absolute Gasteiger partial charge is 0.481 e. The third kappa shape index (κ3) is 29.8. The van der Waals surface area contributed by atoms with Crippen molar-refractivity contribution in [3.05, 3.63) is 12.2 Å². The molecule has 8 heteroatoms. The summed E-state index contributed by atoms with van der Waals surface area (Å²) in [6, 6.07) is 0. The lowest BCUT2D eigenvalue weighted by molar-refractivity contribution is -0.137. The van der Waals surface area contributed by atoms with Gasteiger partial charge in [-0.2, -0.15) is 8.42 Å². The van der Waals surface area contributed by atoms with Crippen molar-refractivity contribution in [1.82, 2.24) is 0 Å². The highest BCUT2D eigenvalue weighted by molar-refractivity contribution is 7.80. The van der Waals surface area contributed by atoms with Crippen molar-refractivity contribution in [3.8, 4) is 0 Å². The molecule has 1 atom stereocenters. The topological polar surface area (TPSA) is 121 Å². The Hall–Kier alpha value is -0.960. The van der Waals surface area contributed by atoms with Crippen LogP contribution in [0.5, 0.6) is 0 Å². The minimum Gasteiger partial charge on any atom is -0.481 e. The highest BCUT2D eigenvalue weighted by Gasteiger charge is 2.01. The summed E-state index contributed by atoms with van der Waals surface area (Å²) in [5, 5.41) is 18.3. The molecule has 0 rings (SSSR count). The molecule has 0 spiro atoms. The summed E-state index contributed by atoms with van der Waals surface area (Å²) in [5.41, 5.74) is 0. The van der Waals surface area contributed by atoms with E-state index in [1.165, 1.54) is 32.6 Å². The lowest BCUT2D eigenvalue weighted by atomic mass is 10.1. The average molecular weight is 425 g/mol. The molecule has 168 valence electrons. The Bertz CT molecular complexity index is 475. The highest BCUT2D eigenvalue weighted by Crippen LogP contribution is 2.10. The molecule has 28 heavy (non-hydrogen) atoms. The van der Waals surface area contributed by atoms with Gasteiger partial charge in [0.1, 0.15) is 0 Å². The van der Waals surface area contributed by atoms with Crippen LogP contribution in [0.15, 0.2) is 12.2 Å². The zero-order valence-corrected chi connectivity index (χ0v) is 18.3. The minimum atomic E-state index is -4.17. The summed E-state index contributed by atoms with van der Waals surface area (Å²) in [7, 11) is -4.17. The number of aliphatic carboxylic acids is 1. The Balaban J connectivity index is 0. The van der Waals surface area contributed by atoms with Crippen molar-refractivity contribution < 1.29 is 32.2 Å². The van der Waals surface area contributed by atoms with Crippen LogP contribution in [0, 0.1) is 0 Å². The van der Waals surface area contributed by atoms with Crippen LogP contribution in [-0.2, 0) is 19.4 Å². The molecule has 7 nitrogen and oxygen atoms in total. The molecule has 0 aromatic rings. The third-order valence-electron chi connectivity index (χ3n) is 3.99. The maximum absolute atomic E-state index is 10.3. The number of carboxylic acid groups (broad SMARTS) is 1. The van der Waals surface area contributed by atoms with E-state index < -0.39 is 16.4 Å². The molecule has 3 N–H and O–H groups in total. The van der Waals surface area contributed by atoms with Crippen molar-refractivity contribution in [2.75, 3.05) is 6.61 Å². The van der Waals surface area contributed by atoms with Gasteiger partial charge in [0.05, 0.1) is 12.7 Å². The fourth-order valence-corrected chi connectivity index (χ4v) is 2.81. The maximum Gasteiger partial charge on any atom is 0.397 e. The van der Waals surface area contributed by atoms with E-state index in [4.69, 9.17) is 9.66 Å². The van der Waals surface area contributed by atoms with E-state index in [1.807, 2.05) is 0 Å². The Morgan fingerprint density at radius 3 is 2.11 bits per heavy atom. The van der Waals surface area contributed by atoms with Crippen LogP contribution in [0.4, 0.5) is 0 Å². The number of aliphatic hydroxyl groups is 1. The van der Waals surface area contributed by atoms with Crippen LogP contribution in [0.1, 0.15) is 97.3 Å². The fraction of sp³-hybridized carbons (Fsp3) is 0.850. The summed E-state index contributed by atoms with van der Waals surface area (Å²) in [6.45, 7) is 3.64. The molecule has 0 aromatic carbocycles. The zero-order valence-electron chi connectivity index (χ0n) is 17.5. The van der Waals surface area contributed by atoms with Gasteiger partial charge >= 0.3 is 16.4 Å². The maximum atomic E-state index is 10.3. The molecule has 0 aliphatic carbocycles. The van der Waals surface area contributed by atoms with Crippen LogP contribution in [-0.4, -0.2) is 41.9 Å². The predicted molar refractivity (Wildman–Crippen MR) is 112 cm³/mol. The van der Waals surface area contributed by atoms with Crippen molar-refractivity contribution >= 4 is 16.4 Å². The first-order valence-electron chi connectivity index (χ1n) is 10.4. The van der Waals surface area contributed by atoms with E-state index in [2.05, 4.69) is 23.3 Å². The number of hydrogen-bond acceptors (Lipinski definition) is 5. The molecular formula is C20H40O7S. The first-order valence-corrected chi connectivity index (χ1v) is 11.8. The quantitative estimate of drug-likeness (QED) is 0.172. The predicted octanol–water partition coefficient (Wildman–Crippen LogP) is 4.91. The van der Waals surface area contributed by atoms with Gasteiger partial charge < -0.3 is 10.2 Å². The van der Waals surface area contributed by atoms with E-state index >= 15 is 0 Å². The van der Waals surface area contributed by atoms with Gasteiger partial charge in [0.25, 0.3) is 0 Å². The molecule has 1 unspecified atom stereocenters. The SMILES string of the molecule is CCCCCCC(O)C/C=C\CCCCCCCC(=O)O.CCOS(=O)(=O)O. The van der Waals surface area contributed by atoms with E-state index in [9.17, 15) is 18.3 Å². The number of carboxylic acids is 1. The third-order valence-corrected chi connectivity index (χ3v) is 4.53. The van der Waals surface area contributed by atoms with E-state index in [1.54, 1.807) is 0 Å². The molecule has 0 aliphatic rings. The smallest absolute Gasteiger partial charge is 0.397 e. The van der Waals surface area contributed by atoms with Crippen molar-refractivity contribution in [2.45, 2.75) is 103 Å². The lowest BCUT2D eigenvalue weighted by Gasteiger charge is -2.07. The van der Waals surface area contributed by atoms with Crippen molar-refractivity contribution in [3.63, 3.8) is 0 Å². The summed E-state index contributed by atoms with van der Waals surface area (Å²) < 4.78 is 30.7. The molecule has 0 saturated carbocycles. The Kier molecular flexibility index (Phi) is 21.7. The number of allylic oxidation sites excluding steroid dienone is 1. The van der Waals surface area contributed by atoms with Crippen LogP contribution in [0.25, 0.3) is 0 Å². The Morgan fingerprint density at radius 1 is 0.964 bits per heavy atom. The molecule has 0 heterocycles. The second kappa shape index (κ2) is 20.8. The van der Waals surface area contributed by atoms with Gasteiger partial charge in [0.2, 0.25) is 0 Å². The molecule has 0 aromatic heterocycles. The van der Waals surface area contributed by atoms with Gasteiger partial charge in [-0.3, -0.25) is 9.35 Å². The highest BCUT2D eigenvalue weighted by atomic mass is 32.3. The van der Waals surface area contributed by atoms with Gasteiger partial charge in [-0.1, -0.05) is 64.0 Å². The summed E-state index contributed by atoms with van der Waals surface area (Å²) in [6.07, 6.45) is 17.4.